The summed E-state index contributed by atoms with van der Waals surface area (Å²) in [5.74, 6) is 0.167. The minimum absolute atomic E-state index is 0.160. The Hall–Kier alpha value is -0.820. The van der Waals surface area contributed by atoms with Crippen LogP contribution in [-0.4, -0.2) is 38.4 Å². The number of benzene rings is 1. The predicted octanol–water partition coefficient (Wildman–Crippen LogP) is 3.98. The van der Waals surface area contributed by atoms with E-state index in [1.54, 1.807) is 18.2 Å². The van der Waals surface area contributed by atoms with Gasteiger partial charge in [0.05, 0.1) is 5.75 Å². The second kappa shape index (κ2) is 9.12. The number of carbonyl (C=O) groups is 1. The zero-order chi connectivity index (χ0) is 19.4. The Morgan fingerprint density at radius 2 is 1.63 bits per heavy atom. The monoisotopic (exact) mass is 432 g/mol. The minimum Gasteiger partial charge on any atom is -0.342 e. The summed E-state index contributed by atoms with van der Waals surface area (Å²) in [4.78, 5) is 14.5. The van der Waals surface area contributed by atoms with Gasteiger partial charge in [-0.25, -0.2) is 13.1 Å². The zero-order valence-electron chi connectivity index (χ0n) is 15.3. The van der Waals surface area contributed by atoms with Crippen LogP contribution in [0.5, 0.6) is 0 Å². The number of nitrogens with zero attached hydrogens (tertiary/aromatic N) is 1. The lowest BCUT2D eigenvalue weighted by Gasteiger charge is -2.35. The maximum Gasteiger partial charge on any atom is 0.225 e. The van der Waals surface area contributed by atoms with Gasteiger partial charge < -0.3 is 4.90 Å². The number of hydrogen-bond acceptors (Lipinski definition) is 3. The number of hydrogen-bond donors (Lipinski definition) is 1. The van der Waals surface area contributed by atoms with Gasteiger partial charge in [-0.05, 0) is 37.8 Å². The number of nitrogens with one attached hydrogen (secondary N) is 1. The molecule has 27 heavy (non-hydrogen) atoms. The maximum atomic E-state index is 12.6. The fourth-order valence-electron chi connectivity index (χ4n) is 3.98. The Morgan fingerprint density at radius 3 is 2.22 bits per heavy atom. The van der Waals surface area contributed by atoms with E-state index in [1.807, 2.05) is 4.90 Å². The Morgan fingerprint density at radius 1 is 1.04 bits per heavy atom. The molecular formula is C19H26Cl2N2O3S. The van der Waals surface area contributed by atoms with Gasteiger partial charge in [0, 0.05) is 40.7 Å². The highest BCUT2D eigenvalue weighted by Gasteiger charge is 2.30. The first-order chi connectivity index (χ1) is 12.9. The van der Waals surface area contributed by atoms with Gasteiger partial charge in [-0.1, -0.05) is 48.5 Å². The third kappa shape index (κ3) is 5.59. The highest BCUT2D eigenvalue weighted by molar-refractivity contribution is 7.88. The van der Waals surface area contributed by atoms with Gasteiger partial charge in [0.2, 0.25) is 15.9 Å². The lowest BCUT2D eigenvalue weighted by molar-refractivity contribution is -0.137. The number of amides is 1. The Bertz CT molecular complexity index is 751. The molecule has 1 amide bonds. The molecule has 0 unspecified atom stereocenters. The molecule has 0 atom stereocenters. The molecule has 8 heteroatoms. The van der Waals surface area contributed by atoms with Crippen molar-refractivity contribution in [2.75, 3.05) is 13.1 Å². The van der Waals surface area contributed by atoms with Crippen LogP contribution >= 0.6 is 23.2 Å². The Kier molecular flexibility index (Phi) is 7.06. The molecule has 1 heterocycles. The molecule has 0 aromatic heterocycles. The minimum atomic E-state index is -3.56. The molecule has 1 N–H and O–H groups in total. The summed E-state index contributed by atoms with van der Waals surface area (Å²) in [5, 5.41) is 0.696. The molecule has 1 saturated carbocycles. The van der Waals surface area contributed by atoms with Gasteiger partial charge in [-0.2, -0.15) is 0 Å². The molecular weight excluding hydrogens is 407 g/mol. The van der Waals surface area contributed by atoms with Crippen LogP contribution in [0.3, 0.4) is 0 Å². The average Bonchev–Trinajstić information content (AvgIpc) is 2.65. The van der Waals surface area contributed by atoms with Gasteiger partial charge in [-0.15, -0.1) is 0 Å². The summed E-state index contributed by atoms with van der Waals surface area (Å²) in [6, 6.07) is 4.79. The van der Waals surface area contributed by atoms with E-state index in [9.17, 15) is 13.2 Å². The second-order valence-electron chi connectivity index (χ2n) is 7.51. The van der Waals surface area contributed by atoms with E-state index in [-0.39, 0.29) is 23.6 Å². The molecule has 2 aliphatic rings. The smallest absolute Gasteiger partial charge is 0.225 e. The van der Waals surface area contributed by atoms with Crippen molar-refractivity contribution in [3.63, 3.8) is 0 Å². The number of halogens is 2. The first-order valence-electron chi connectivity index (χ1n) is 9.57. The van der Waals surface area contributed by atoms with Crippen LogP contribution in [0.25, 0.3) is 0 Å². The summed E-state index contributed by atoms with van der Waals surface area (Å²) in [5.41, 5.74) is 0.415. The first kappa shape index (κ1) is 20.9. The quantitative estimate of drug-likeness (QED) is 0.764. The average molecular weight is 433 g/mol. The van der Waals surface area contributed by atoms with Gasteiger partial charge in [-0.3, -0.25) is 4.79 Å². The fraction of sp³-hybridized carbons (Fsp3) is 0.632. The highest BCUT2D eigenvalue weighted by Crippen LogP contribution is 2.28. The van der Waals surface area contributed by atoms with Gasteiger partial charge >= 0.3 is 0 Å². The first-order valence-corrected chi connectivity index (χ1v) is 12.0. The van der Waals surface area contributed by atoms with Crippen LogP contribution in [0.1, 0.15) is 50.5 Å². The Balaban J connectivity index is 1.53. The summed E-state index contributed by atoms with van der Waals surface area (Å²) < 4.78 is 27.8. The molecule has 0 spiro atoms. The van der Waals surface area contributed by atoms with Crippen molar-refractivity contribution in [3.8, 4) is 0 Å². The van der Waals surface area contributed by atoms with E-state index < -0.39 is 10.0 Å². The number of likely N-dealkylation sites (tertiary alicyclic amines) is 1. The summed E-state index contributed by atoms with van der Waals surface area (Å²) in [6.45, 7) is 1.21. The number of rotatable bonds is 5. The van der Waals surface area contributed by atoms with Gasteiger partial charge in [0.1, 0.15) is 0 Å². The topological polar surface area (TPSA) is 66.5 Å². The van der Waals surface area contributed by atoms with E-state index in [0.29, 0.717) is 41.5 Å². The second-order valence-corrected chi connectivity index (χ2v) is 10.1. The molecule has 5 nitrogen and oxygen atoms in total. The zero-order valence-corrected chi connectivity index (χ0v) is 17.6. The van der Waals surface area contributed by atoms with Crippen LogP contribution in [0.15, 0.2) is 18.2 Å². The molecule has 0 radical (unpaired) electrons. The molecule has 1 aliphatic carbocycles. The van der Waals surface area contributed by atoms with Crippen molar-refractivity contribution in [2.45, 2.75) is 56.7 Å². The van der Waals surface area contributed by atoms with Crippen LogP contribution in [-0.2, 0) is 20.6 Å². The normalized spacial score (nSPS) is 20.0. The summed E-state index contributed by atoms with van der Waals surface area (Å²) in [6.07, 6.45) is 6.74. The van der Waals surface area contributed by atoms with Crippen LogP contribution < -0.4 is 4.72 Å². The van der Waals surface area contributed by atoms with Crippen molar-refractivity contribution in [1.82, 2.24) is 9.62 Å². The SMILES string of the molecule is O=C(C1CCCCC1)N1CCC(NS(=O)(=O)Cc2c(Cl)cccc2Cl)CC1. The highest BCUT2D eigenvalue weighted by atomic mass is 35.5. The van der Waals surface area contributed by atoms with Crippen molar-refractivity contribution in [3.05, 3.63) is 33.8 Å². The van der Waals surface area contributed by atoms with E-state index in [2.05, 4.69) is 4.72 Å². The third-order valence-electron chi connectivity index (χ3n) is 5.50. The third-order valence-corrected chi connectivity index (χ3v) is 7.57. The lowest BCUT2D eigenvalue weighted by atomic mass is 9.87. The van der Waals surface area contributed by atoms with E-state index in [4.69, 9.17) is 23.2 Å². The molecule has 1 aromatic carbocycles. The van der Waals surface area contributed by atoms with Crippen LogP contribution in [0.2, 0.25) is 10.0 Å². The molecule has 150 valence electrons. The molecule has 3 rings (SSSR count). The lowest BCUT2D eigenvalue weighted by Crippen LogP contribution is -2.48. The van der Waals surface area contributed by atoms with Crippen LogP contribution in [0, 0.1) is 5.92 Å². The van der Waals surface area contributed by atoms with E-state index in [1.165, 1.54) is 6.42 Å². The van der Waals surface area contributed by atoms with Crippen molar-refractivity contribution in [2.24, 2.45) is 5.92 Å². The summed E-state index contributed by atoms with van der Waals surface area (Å²) in [7, 11) is -3.56. The molecule has 1 aliphatic heterocycles. The molecule has 1 aromatic rings. The molecule has 0 bridgehead atoms. The largest absolute Gasteiger partial charge is 0.342 e. The van der Waals surface area contributed by atoms with Gasteiger partial charge in [0.25, 0.3) is 0 Å². The summed E-state index contributed by atoms with van der Waals surface area (Å²) >= 11 is 12.2. The predicted molar refractivity (Wildman–Crippen MR) is 108 cm³/mol. The molecule has 2 fully saturated rings. The van der Waals surface area contributed by atoms with Crippen molar-refractivity contribution >= 4 is 39.1 Å². The van der Waals surface area contributed by atoms with E-state index >= 15 is 0 Å². The van der Waals surface area contributed by atoms with Crippen molar-refractivity contribution < 1.29 is 13.2 Å². The van der Waals surface area contributed by atoms with E-state index in [0.717, 1.165) is 25.7 Å². The Labute approximate surface area is 171 Å². The van der Waals surface area contributed by atoms with Crippen LogP contribution in [0.4, 0.5) is 0 Å². The number of carbonyl (C=O) groups excluding carboxylic acids is 1. The number of sulfonamides is 1. The molecule has 1 saturated heterocycles. The number of piperidine rings is 1. The standard InChI is InChI=1S/C19H26Cl2N2O3S/c20-17-7-4-8-18(21)16(17)13-27(25,26)22-15-9-11-23(12-10-15)19(24)14-5-2-1-3-6-14/h4,7-8,14-15,22H,1-3,5-6,9-13H2. The van der Waals surface area contributed by atoms with Crippen molar-refractivity contribution in [1.29, 1.82) is 0 Å². The fourth-order valence-corrected chi connectivity index (χ4v) is 6.19. The van der Waals surface area contributed by atoms with Gasteiger partial charge in [0.15, 0.2) is 0 Å². The maximum absolute atomic E-state index is 12.6.